The van der Waals surface area contributed by atoms with Gasteiger partial charge < -0.3 is 15.4 Å². The van der Waals surface area contributed by atoms with Crippen LogP contribution in [0.5, 0.6) is 0 Å². The van der Waals surface area contributed by atoms with E-state index in [9.17, 15) is 9.59 Å². The van der Waals surface area contributed by atoms with E-state index in [0.717, 1.165) is 5.56 Å². The molecule has 0 spiro atoms. The fraction of sp³-hybridized carbons (Fsp3) is 0.158. The summed E-state index contributed by atoms with van der Waals surface area (Å²) in [4.78, 5) is 24.0. The molecular weight excluding hydrogens is 340 g/mol. The fourth-order valence-corrected chi connectivity index (χ4v) is 2.16. The van der Waals surface area contributed by atoms with Crippen LogP contribution in [0.1, 0.15) is 15.9 Å². The van der Waals surface area contributed by atoms with Crippen LogP contribution in [0.4, 0.5) is 5.69 Å². The normalized spacial score (nSPS) is 10.6. The van der Waals surface area contributed by atoms with Crippen LogP contribution in [0.15, 0.2) is 54.6 Å². The first-order valence-corrected chi connectivity index (χ1v) is 8.08. The molecule has 2 amide bonds. The number of hydrogen-bond acceptors (Lipinski definition) is 3. The SMILES string of the molecule is COCCNC(=O)c1cccc(NC(=O)/C=C/c2ccc(Cl)cc2)c1. The first-order chi connectivity index (χ1) is 12.1. The number of rotatable bonds is 7. The van der Waals surface area contributed by atoms with Crippen molar-refractivity contribution in [3.05, 3.63) is 70.8 Å². The molecule has 2 N–H and O–H groups in total. The average Bonchev–Trinajstić information content (AvgIpc) is 2.61. The largest absolute Gasteiger partial charge is 0.383 e. The molecule has 2 aromatic rings. The van der Waals surface area contributed by atoms with Gasteiger partial charge in [0.1, 0.15) is 0 Å². The van der Waals surface area contributed by atoms with Gasteiger partial charge in [-0.25, -0.2) is 0 Å². The third-order valence-corrected chi connectivity index (χ3v) is 3.53. The van der Waals surface area contributed by atoms with Gasteiger partial charge in [-0.1, -0.05) is 29.8 Å². The van der Waals surface area contributed by atoms with Gasteiger partial charge >= 0.3 is 0 Å². The van der Waals surface area contributed by atoms with E-state index in [4.69, 9.17) is 16.3 Å². The maximum atomic E-state index is 12.0. The van der Waals surface area contributed by atoms with E-state index >= 15 is 0 Å². The number of ether oxygens (including phenoxy) is 1. The minimum Gasteiger partial charge on any atom is -0.383 e. The summed E-state index contributed by atoms with van der Waals surface area (Å²) >= 11 is 5.82. The van der Waals surface area contributed by atoms with Crippen molar-refractivity contribution in [3.8, 4) is 0 Å². The number of nitrogens with one attached hydrogen (secondary N) is 2. The van der Waals surface area contributed by atoms with E-state index in [-0.39, 0.29) is 11.8 Å². The number of benzene rings is 2. The Bertz CT molecular complexity index is 758. The second kappa shape index (κ2) is 9.61. The summed E-state index contributed by atoms with van der Waals surface area (Å²) < 4.78 is 4.89. The van der Waals surface area contributed by atoms with E-state index < -0.39 is 0 Å². The van der Waals surface area contributed by atoms with Gasteiger partial charge in [-0.2, -0.15) is 0 Å². The maximum Gasteiger partial charge on any atom is 0.251 e. The predicted octanol–water partition coefficient (Wildman–Crippen LogP) is 3.37. The zero-order valence-electron chi connectivity index (χ0n) is 13.8. The van der Waals surface area contributed by atoms with Gasteiger partial charge in [-0.05, 0) is 42.0 Å². The molecule has 0 atom stereocenters. The number of carbonyl (C=O) groups is 2. The summed E-state index contributed by atoms with van der Waals surface area (Å²) in [6, 6.07) is 13.9. The molecule has 2 rings (SSSR count). The highest BCUT2D eigenvalue weighted by atomic mass is 35.5. The van der Waals surface area contributed by atoms with Crippen LogP contribution in [0.2, 0.25) is 5.02 Å². The quantitative estimate of drug-likeness (QED) is 0.589. The Kier molecular flexibility index (Phi) is 7.19. The second-order valence-corrected chi connectivity index (χ2v) is 5.64. The van der Waals surface area contributed by atoms with Crippen molar-refractivity contribution < 1.29 is 14.3 Å². The highest BCUT2D eigenvalue weighted by Crippen LogP contribution is 2.12. The minimum atomic E-state index is -0.285. The lowest BCUT2D eigenvalue weighted by molar-refractivity contribution is -0.111. The van der Waals surface area contributed by atoms with Crippen LogP contribution in [-0.2, 0) is 9.53 Å². The Balaban J connectivity index is 1.95. The molecular formula is C19H19ClN2O3. The Labute approximate surface area is 151 Å². The zero-order valence-corrected chi connectivity index (χ0v) is 14.5. The fourth-order valence-electron chi connectivity index (χ4n) is 2.04. The third-order valence-electron chi connectivity index (χ3n) is 3.28. The molecule has 0 radical (unpaired) electrons. The first-order valence-electron chi connectivity index (χ1n) is 7.70. The lowest BCUT2D eigenvalue weighted by atomic mass is 10.2. The van der Waals surface area contributed by atoms with E-state index in [1.165, 1.54) is 6.08 Å². The summed E-state index contributed by atoms with van der Waals surface area (Å²) in [5.41, 5.74) is 1.88. The number of carbonyl (C=O) groups excluding carboxylic acids is 2. The number of amides is 2. The average molecular weight is 359 g/mol. The van der Waals surface area contributed by atoms with Crippen molar-refractivity contribution in [2.24, 2.45) is 0 Å². The standard InChI is InChI=1S/C19H19ClN2O3/c1-25-12-11-21-19(24)15-3-2-4-17(13-15)22-18(23)10-7-14-5-8-16(20)9-6-14/h2-10,13H,11-12H2,1H3,(H,21,24)(H,22,23)/b10-7+. The maximum absolute atomic E-state index is 12.0. The molecule has 0 aliphatic carbocycles. The van der Waals surface area contributed by atoms with Crippen LogP contribution < -0.4 is 10.6 Å². The van der Waals surface area contributed by atoms with Crippen molar-refractivity contribution in [3.63, 3.8) is 0 Å². The summed E-state index contributed by atoms with van der Waals surface area (Å²) in [5, 5.41) is 6.10. The number of anilines is 1. The van der Waals surface area contributed by atoms with E-state index in [2.05, 4.69) is 10.6 Å². The topological polar surface area (TPSA) is 67.4 Å². The van der Waals surface area contributed by atoms with Crippen LogP contribution >= 0.6 is 11.6 Å². The molecule has 0 fully saturated rings. The van der Waals surface area contributed by atoms with Crippen molar-refractivity contribution in [1.29, 1.82) is 0 Å². The molecule has 0 aliphatic rings. The minimum absolute atomic E-state index is 0.218. The Morgan fingerprint density at radius 3 is 2.64 bits per heavy atom. The van der Waals surface area contributed by atoms with E-state index in [0.29, 0.717) is 29.4 Å². The summed E-state index contributed by atoms with van der Waals surface area (Å²) in [5.74, 6) is -0.503. The molecule has 0 heterocycles. The number of methoxy groups -OCH3 is 1. The lowest BCUT2D eigenvalue weighted by Crippen LogP contribution is -2.27. The van der Waals surface area contributed by atoms with Crippen molar-refractivity contribution in [2.45, 2.75) is 0 Å². The molecule has 0 unspecified atom stereocenters. The molecule has 5 nitrogen and oxygen atoms in total. The summed E-state index contributed by atoms with van der Waals surface area (Å²) in [6.07, 6.45) is 3.11. The van der Waals surface area contributed by atoms with E-state index in [1.807, 2.05) is 12.1 Å². The summed E-state index contributed by atoms with van der Waals surface area (Å²) in [7, 11) is 1.57. The molecule has 130 valence electrons. The molecule has 25 heavy (non-hydrogen) atoms. The van der Waals surface area contributed by atoms with Crippen LogP contribution in [-0.4, -0.2) is 32.1 Å². The molecule has 0 aliphatic heterocycles. The van der Waals surface area contributed by atoms with E-state index in [1.54, 1.807) is 49.6 Å². The Morgan fingerprint density at radius 1 is 1.16 bits per heavy atom. The summed E-state index contributed by atoms with van der Waals surface area (Å²) in [6.45, 7) is 0.868. The lowest BCUT2D eigenvalue weighted by Gasteiger charge is -2.07. The van der Waals surface area contributed by atoms with Gasteiger partial charge in [-0.15, -0.1) is 0 Å². The predicted molar refractivity (Wildman–Crippen MR) is 99.8 cm³/mol. The number of hydrogen-bond donors (Lipinski definition) is 2. The van der Waals surface area contributed by atoms with Crippen LogP contribution in [0, 0.1) is 0 Å². The van der Waals surface area contributed by atoms with Gasteiger partial charge in [0.25, 0.3) is 5.91 Å². The molecule has 0 saturated carbocycles. The Hall–Kier alpha value is -2.63. The van der Waals surface area contributed by atoms with Gasteiger partial charge in [0.05, 0.1) is 6.61 Å². The monoisotopic (exact) mass is 358 g/mol. The highest BCUT2D eigenvalue weighted by molar-refractivity contribution is 6.30. The highest BCUT2D eigenvalue weighted by Gasteiger charge is 2.06. The van der Waals surface area contributed by atoms with Crippen molar-refractivity contribution >= 4 is 35.2 Å². The number of halogens is 1. The van der Waals surface area contributed by atoms with Crippen molar-refractivity contribution in [1.82, 2.24) is 5.32 Å². The third kappa shape index (κ3) is 6.41. The van der Waals surface area contributed by atoms with Crippen LogP contribution in [0.25, 0.3) is 6.08 Å². The van der Waals surface area contributed by atoms with Gasteiger partial charge in [-0.3, -0.25) is 9.59 Å². The molecule has 0 saturated heterocycles. The smallest absolute Gasteiger partial charge is 0.251 e. The molecule has 6 heteroatoms. The van der Waals surface area contributed by atoms with Crippen LogP contribution in [0.3, 0.4) is 0 Å². The first kappa shape index (κ1) is 18.7. The van der Waals surface area contributed by atoms with Gasteiger partial charge in [0.15, 0.2) is 0 Å². The second-order valence-electron chi connectivity index (χ2n) is 5.20. The van der Waals surface area contributed by atoms with Crippen molar-refractivity contribution in [2.75, 3.05) is 25.6 Å². The molecule has 2 aromatic carbocycles. The molecule has 0 bridgehead atoms. The Morgan fingerprint density at radius 2 is 1.92 bits per heavy atom. The zero-order chi connectivity index (χ0) is 18.1. The van der Waals surface area contributed by atoms with Gasteiger partial charge in [0, 0.05) is 36.0 Å². The molecule has 0 aromatic heterocycles. The van der Waals surface area contributed by atoms with Gasteiger partial charge in [0.2, 0.25) is 5.91 Å².